The lowest BCUT2D eigenvalue weighted by atomic mass is 10.1. The molecule has 1 aliphatic rings. The van der Waals surface area contributed by atoms with Gasteiger partial charge in [0, 0.05) is 11.8 Å². The number of fused-ring (bicyclic) bond motifs is 1. The van der Waals surface area contributed by atoms with Gasteiger partial charge in [-0.05, 0) is 25.0 Å². The molecule has 1 aromatic rings. The highest BCUT2D eigenvalue weighted by atomic mass is 14.7. The third-order valence-corrected chi connectivity index (χ3v) is 2.07. The van der Waals surface area contributed by atoms with Gasteiger partial charge in [0.25, 0.3) is 0 Å². The highest BCUT2D eigenvalue weighted by molar-refractivity contribution is 5.72. The van der Waals surface area contributed by atoms with Crippen LogP contribution in [0, 0.1) is 0 Å². The topological polar surface area (TPSA) is 12.9 Å². The Balaban J connectivity index is 0.000000509. The van der Waals surface area contributed by atoms with Crippen molar-refractivity contribution in [1.29, 1.82) is 0 Å². The molecule has 0 N–H and O–H groups in total. The first-order valence-electron chi connectivity index (χ1n) is 6.16. The fourth-order valence-electron chi connectivity index (χ4n) is 1.42. The lowest BCUT2D eigenvalue weighted by Gasteiger charge is -2.01. The standard InChI is InChI=1S/C11H11N.2C2H6/c1-9-5-2-3-6-10-7-4-8-12-11(9)10;2*1-2/h3-8H,2H2,1H3;2*1-2H3. The molecule has 0 atom stereocenters. The van der Waals surface area contributed by atoms with Crippen molar-refractivity contribution in [2.75, 3.05) is 0 Å². The van der Waals surface area contributed by atoms with Crippen molar-refractivity contribution < 1.29 is 0 Å². The monoisotopic (exact) mass is 217 g/mol. The van der Waals surface area contributed by atoms with E-state index in [1.54, 1.807) is 0 Å². The summed E-state index contributed by atoms with van der Waals surface area (Å²) in [6, 6.07) is 4.07. The quantitative estimate of drug-likeness (QED) is 0.599. The summed E-state index contributed by atoms with van der Waals surface area (Å²) < 4.78 is 0. The van der Waals surface area contributed by atoms with Crippen LogP contribution in [-0.2, 0) is 0 Å². The largest absolute Gasteiger partial charge is 0.256 e. The second kappa shape index (κ2) is 8.90. The van der Waals surface area contributed by atoms with Crippen LogP contribution in [0.5, 0.6) is 0 Å². The molecule has 0 aliphatic heterocycles. The van der Waals surface area contributed by atoms with Crippen molar-refractivity contribution in [3.63, 3.8) is 0 Å². The second-order valence-corrected chi connectivity index (χ2v) is 2.97. The van der Waals surface area contributed by atoms with Crippen molar-refractivity contribution in [2.45, 2.75) is 41.0 Å². The van der Waals surface area contributed by atoms with E-state index in [0.717, 1.165) is 12.1 Å². The summed E-state index contributed by atoms with van der Waals surface area (Å²) in [4.78, 5) is 4.34. The van der Waals surface area contributed by atoms with Gasteiger partial charge in [-0.25, -0.2) is 0 Å². The number of nitrogens with zero attached hydrogens (tertiary/aromatic N) is 1. The Kier molecular flexibility index (Phi) is 8.14. The van der Waals surface area contributed by atoms with E-state index < -0.39 is 0 Å². The number of allylic oxidation sites excluding steroid dienone is 3. The van der Waals surface area contributed by atoms with Gasteiger partial charge in [0.2, 0.25) is 0 Å². The molecular weight excluding hydrogens is 194 g/mol. The summed E-state index contributed by atoms with van der Waals surface area (Å²) in [5, 5.41) is 0. The zero-order valence-corrected chi connectivity index (χ0v) is 11.1. The molecule has 0 unspecified atom stereocenters. The van der Waals surface area contributed by atoms with Crippen LogP contribution in [-0.4, -0.2) is 4.98 Å². The van der Waals surface area contributed by atoms with E-state index in [0.29, 0.717) is 0 Å². The smallest absolute Gasteiger partial charge is 0.0727 e. The van der Waals surface area contributed by atoms with Crippen LogP contribution in [0.1, 0.15) is 52.3 Å². The molecule has 88 valence electrons. The zero-order chi connectivity index (χ0) is 12.4. The number of rotatable bonds is 0. The van der Waals surface area contributed by atoms with Crippen LogP contribution >= 0.6 is 0 Å². The molecule has 0 radical (unpaired) electrons. The molecule has 0 spiro atoms. The first kappa shape index (κ1) is 14.6. The van der Waals surface area contributed by atoms with E-state index in [1.165, 1.54) is 11.1 Å². The third kappa shape index (κ3) is 4.01. The number of aromatic nitrogens is 1. The van der Waals surface area contributed by atoms with Gasteiger partial charge in [0.05, 0.1) is 5.69 Å². The Labute approximate surface area is 99.9 Å². The van der Waals surface area contributed by atoms with E-state index in [2.05, 4.69) is 36.2 Å². The molecule has 1 nitrogen and oxygen atoms in total. The summed E-state index contributed by atoms with van der Waals surface area (Å²) >= 11 is 0. The molecule has 0 saturated carbocycles. The zero-order valence-electron chi connectivity index (χ0n) is 11.1. The van der Waals surface area contributed by atoms with Gasteiger partial charge in [0.1, 0.15) is 0 Å². The van der Waals surface area contributed by atoms with Gasteiger partial charge in [-0.1, -0.05) is 52.0 Å². The molecule has 2 rings (SSSR count). The van der Waals surface area contributed by atoms with Crippen molar-refractivity contribution >= 4 is 11.6 Å². The van der Waals surface area contributed by atoms with Gasteiger partial charge in [0.15, 0.2) is 0 Å². The van der Waals surface area contributed by atoms with Crippen molar-refractivity contribution in [3.8, 4) is 0 Å². The molecule has 1 heterocycles. The predicted molar refractivity (Wildman–Crippen MR) is 74.2 cm³/mol. The highest BCUT2D eigenvalue weighted by Gasteiger charge is 2.03. The van der Waals surface area contributed by atoms with Crippen LogP contribution in [0.2, 0.25) is 0 Å². The van der Waals surface area contributed by atoms with E-state index in [9.17, 15) is 0 Å². The third-order valence-electron chi connectivity index (χ3n) is 2.07. The minimum absolute atomic E-state index is 1.02. The normalized spacial score (nSPS) is 11.9. The van der Waals surface area contributed by atoms with Crippen LogP contribution in [0.3, 0.4) is 0 Å². The maximum absolute atomic E-state index is 4.34. The molecule has 0 aromatic carbocycles. The molecule has 0 bridgehead atoms. The summed E-state index contributed by atoms with van der Waals surface area (Å²) in [6.45, 7) is 10.1. The van der Waals surface area contributed by atoms with E-state index >= 15 is 0 Å². The summed E-state index contributed by atoms with van der Waals surface area (Å²) in [6.07, 6.45) is 9.36. The van der Waals surface area contributed by atoms with Crippen molar-refractivity contribution in [2.24, 2.45) is 0 Å². The average Bonchev–Trinajstić information content (AvgIpc) is 2.57. The SMILES string of the molecule is CC.CC.CC1=CCC=Cc2cccnc21. The first-order chi connectivity index (χ1) is 7.88. The maximum Gasteiger partial charge on any atom is 0.0727 e. The van der Waals surface area contributed by atoms with Crippen molar-refractivity contribution in [3.05, 3.63) is 41.7 Å². The predicted octanol–water partition coefficient (Wildman–Crippen LogP) is 4.95. The van der Waals surface area contributed by atoms with Gasteiger partial charge < -0.3 is 0 Å². The number of hydrogen-bond acceptors (Lipinski definition) is 1. The van der Waals surface area contributed by atoms with E-state index in [1.807, 2.05) is 40.0 Å². The fraction of sp³-hybridized carbons (Fsp3) is 0.400. The molecule has 0 fully saturated rings. The lowest BCUT2D eigenvalue weighted by molar-refractivity contribution is 1.25. The van der Waals surface area contributed by atoms with Crippen LogP contribution in [0.15, 0.2) is 30.5 Å². The molecule has 16 heavy (non-hydrogen) atoms. The molecular formula is C15H23N. The molecule has 0 saturated heterocycles. The van der Waals surface area contributed by atoms with E-state index in [-0.39, 0.29) is 0 Å². The van der Waals surface area contributed by atoms with Crippen molar-refractivity contribution in [1.82, 2.24) is 4.98 Å². The van der Waals surface area contributed by atoms with Crippen LogP contribution in [0.25, 0.3) is 11.6 Å². The maximum atomic E-state index is 4.34. The molecule has 1 heteroatoms. The summed E-state index contributed by atoms with van der Waals surface area (Å²) in [7, 11) is 0. The Bertz CT molecular complexity index is 348. The Morgan fingerprint density at radius 3 is 2.50 bits per heavy atom. The van der Waals surface area contributed by atoms with Gasteiger partial charge in [-0.15, -0.1) is 0 Å². The van der Waals surface area contributed by atoms with Gasteiger partial charge in [-0.2, -0.15) is 0 Å². The minimum Gasteiger partial charge on any atom is -0.256 e. The summed E-state index contributed by atoms with van der Waals surface area (Å²) in [5.41, 5.74) is 3.62. The lowest BCUT2D eigenvalue weighted by Crippen LogP contribution is -1.88. The van der Waals surface area contributed by atoms with Gasteiger partial charge >= 0.3 is 0 Å². The first-order valence-corrected chi connectivity index (χ1v) is 6.16. The van der Waals surface area contributed by atoms with Crippen LogP contribution in [0.4, 0.5) is 0 Å². The Hall–Kier alpha value is -1.37. The average molecular weight is 217 g/mol. The Morgan fingerprint density at radius 2 is 1.81 bits per heavy atom. The van der Waals surface area contributed by atoms with E-state index in [4.69, 9.17) is 0 Å². The highest BCUT2D eigenvalue weighted by Crippen LogP contribution is 2.20. The number of pyridine rings is 1. The molecule has 0 amide bonds. The Morgan fingerprint density at radius 1 is 1.12 bits per heavy atom. The molecule has 1 aliphatic carbocycles. The minimum atomic E-state index is 1.02. The number of hydrogen-bond donors (Lipinski definition) is 0. The molecule has 1 aromatic heterocycles. The summed E-state index contributed by atoms with van der Waals surface area (Å²) in [5.74, 6) is 0. The van der Waals surface area contributed by atoms with Gasteiger partial charge in [-0.3, -0.25) is 4.98 Å². The second-order valence-electron chi connectivity index (χ2n) is 2.97. The fourth-order valence-corrected chi connectivity index (χ4v) is 1.42. The van der Waals surface area contributed by atoms with Crippen LogP contribution < -0.4 is 0 Å².